The maximum absolute atomic E-state index is 11.3. The molecule has 2 fully saturated rings. The van der Waals surface area contributed by atoms with E-state index in [1.807, 2.05) is 6.92 Å². The Bertz CT molecular complexity index is 236. The lowest BCUT2D eigenvalue weighted by molar-refractivity contribution is -0.121. The molecule has 0 N–H and O–H groups in total. The van der Waals surface area contributed by atoms with E-state index in [4.69, 9.17) is 0 Å². The van der Waals surface area contributed by atoms with Gasteiger partial charge in [-0.3, -0.25) is 14.6 Å². The molecule has 2 unspecified atom stereocenters. The number of Topliss-reactive ketones (excluding diaryl/α,β-unsaturated/α-hetero) is 1. The maximum atomic E-state index is 11.3. The normalized spacial score (nSPS) is 30.9. The van der Waals surface area contributed by atoms with Crippen LogP contribution in [0.25, 0.3) is 0 Å². The number of ketones is 1. The van der Waals surface area contributed by atoms with Crippen LogP contribution in [0.15, 0.2) is 0 Å². The monoisotopic (exact) mass is 210 g/mol. The van der Waals surface area contributed by atoms with Crippen molar-refractivity contribution in [1.82, 2.24) is 9.80 Å². The van der Waals surface area contributed by atoms with E-state index in [-0.39, 0.29) is 6.04 Å². The van der Waals surface area contributed by atoms with Gasteiger partial charge in [-0.2, -0.15) is 0 Å². The summed E-state index contributed by atoms with van der Waals surface area (Å²) in [6.45, 7) is 8.48. The quantitative estimate of drug-likeness (QED) is 0.698. The van der Waals surface area contributed by atoms with E-state index in [0.29, 0.717) is 11.8 Å². The Morgan fingerprint density at radius 1 is 1.27 bits per heavy atom. The lowest BCUT2D eigenvalue weighted by Gasteiger charge is -2.25. The van der Waals surface area contributed by atoms with Crippen molar-refractivity contribution in [2.75, 3.05) is 26.2 Å². The van der Waals surface area contributed by atoms with Gasteiger partial charge in [0, 0.05) is 19.1 Å². The minimum Gasteiger partial charge on any atom is -0.299 e. The summed E-state index contributed by atoms with van der Waals surface area (Å²) in [5.74, 6) is 0.303. The van der Waals surface area contributed by atoms with Crippen LogP contribution in [0.3, 0.4) is 0 Å². The SMILES string of the molecule is CC(=O)C(C)N1CCC(N2CCCC2)C1. The van der Waals surface area contributed by atoms with E-state index in [0.717, 1.165) is 13.1 Å². The van der Waals surface area contributed by atoms with Gasteiger partial charge in [0.1, 0.15) is 5.78 Å². The van der Waals surface area contributed by atoms with Gasteiger partial charge in [-0.15, -0.1) is 0 Å². The van der Waals surface area contributed by atoms with E-state index in [2.05, 4.69) is 9.80 Å². The molecule has 0 saturated carbocycles. The lowest BCUT2D eigenvalue weighted by Crippen LogP contribution is -2.40. The summed E-state index contributed by atoms with van der Waals surface area (Å²) in [5, 5.41) is 0. The zero-order chi connectivity index (χ0) is 10.8. The first kappa shape index (κ1) is 11.1. The molecule has 0 aliphatic carbocycles. The van der Waals surface area contributed by atoms with Crippen molar-refractivity contribution in [3.63, 3.8) is 0 Å². The average molecular weight is 210 g/mol. The maximum Gasteiger partial charge on any atom is 0.146 e. The first-order valence-electron chi connectivity index (χ1n) is 6.17. The van der Waals surface area contributed by atoms with Crippen LogP contribution in [-0.2, 0) is 4.79 Å². The smallest absolute Gasteiger partial charge is 0.146 e. The Balaban J connectivity index is 1.86. The van der Waals surface area contributed by atoms with Gasteiger partial charge in [0.2, 0.25) is 0 Å². The zero-order valence-corrected chi connectivity index (χ0v) is 9.91. The Kier molecular flexibility index (Phi) is 3.42. The van der Waals surface area contributed by atoms with Crippen LogP contribution in [-0.4, -0.2) is 53.8 Å². The van der Waals surface area contributed by atoms with E-state index < -0.39 is 0 Å². The molecular formula is C12H22N2O. The van der Waals surface area contributed by atoms with Crippen molar-refractivity contribution < 1.29 is 4.79 Å². The predicted molar refractivity (Wildman–Crippen MR) is 60.9 cm³/mol. The van der Waals surface area contributed by atoms with Crippen LogP contribution in [0.4, 0.5) is 0 Å². The Morgan fingerprint density at radius 2 is 1.93 bits per heavy atom. The Morgan fingerprint density at radius 3 is 2.53 bits per heavy atom. The molecule has 2 atom stereocenters. The second-order valence-corrected chi connectivity index (χ2v) is 4.97. The minimum absolute atomic E-state index is 0.123. The Hall–Kier alpha value is -0.410. The van der Waals surface area contributed by atoms with Crippen LogP contribution < -0.4 is 0 Å². The van der Waals surface area contributed by atoms with Crippen LogP contribution >= 0.6 is 0 Å². The van der Waals surface area contributed by atoms with Gasteiger partial charge in [0.15, 0.2) is 0 Å². The van der Waals surface area contributed by atoms with Crippen LogP contribution in [0.5, 0.6) is 0 Å². The number of rotatable bonds is 3. The van der Waals surface area contributed by atoms with Crippen LogP contribution in [0.2, 0.25) is 0 Å². The highest BCUT2D eigenvalue weighted by Gasteiger charge is 2.32. The lowest BCUT2D eigenvalue weighted by atomic mass is 10.2. The largest absolute Gasteiger partial charge is 0.299 e. The summed E-state index contributed by atoms with van der Waals surface area (Å²) in [4.78, 5) is 16.2. The first-order chi connectivity index (χ1) is 7.18. The van der Waals surface area contributed by atoms with Crippen molar-refractivity contribution in [1.29, 1.82) is 0 Å². The molecule has 0 radical (unpaired) electrons. The number of hydrogen-bond donors (Lipinski definition) is 0. The standard InChI is InChI=1S/C12H22N2O/c1-10(11(2)15)14-8-5-12(9-14)13-6-3-4-7-13/h10,12H,3-9H2,1-2H3. The molecule has 2 heterocycles. The van der Waals surface area contributed by atoms with E-state index in [1.54, 1.807) is 6.92 Å². The number of carbonyl (C=O) groups excluding carboxylic acids is 1. The molecule has 15 heavy (non-hydrogen) atoms. The highest BCUT2D eigenvalue weighted by atomic mass is 16.1. The number of likely N-dealkylation sites (tertiary alicyclic amines) is 2. The van der Waals surface area contributed by atoms with Gasteiger partial charge < -0.3 is 0 Å². The van der Waals surface area contributed by atoms with Gasteiger partial charge in [-0.05, 0) is 46.2 Å². The molecule has 0 amide bonds. The second-order valence-electron chi connectivity index (χ2n) is 4.97. The van der Waals surface area contributed by atoms with E-state index in [9.17, 15) is 4.79 Å². The van der Waals surface area contributed by atoms with Gasteiger partial charge >= 0.3 is 0 Å². The number of nitrogens with zero attached hydrogens (tertiary/aromatic N) is 2. The fourth-order valence-electron chi connectivity index (χ4n) is 2.78. The number of hydrogen-bond acceptors (Lipinski definition) is 3. The molecule has 2 aliphatic heterocycles. The van der Waals surface area contributed by atoms with Crippen LogP contribution in [0, 0.1) is 0 Å². The fourth-order valence-corrected chi connectivity index (χ4v) is 2.78. The molecule has 0 bridgehead atoms. The first-order valence-corrected chi connectivity index (χ1v) is 6.17. The summed E-state index contributed by atoms with van der Waals surface area (Å²) >= 11 is 0. The van der Waals surface area contributed by atoms with Crippen molar-refractivity contribution in [2.24, 2.45) is 0 Å². The summed E-state index contributed by atoms with van der Waals surface area (Å²) in [5.41, 5.74) is 0. The van der Waals surface area contributed by atoms with Crippen molar-refractivity contribution in [3.05, 3.63) is 0 Å². The molecular weight excluding hydrogens is 188 g/mol. The number of carbonyl (C=O) groups is 1. The van der Waals surface area contributed by atoms with Gasteiger partial charge in [-0.25, -0.2) is 0 Å². The van der Waals surface area contributed by atoms with Crippen molar-refractivity contribution in [2.45, 2.75) is 45.2 Å². The molecule has 0 aromatic carbocycles. The molecule has 2 saturated heterocycles. The third kappa shape index (κ3) is 2.40. The molecule has 2 aliphatic rings. The molecule has 0 aromatic heterocycles. The molecule has 3 nitrogen and oxygen atoms in total. The summed E-state index contributed by atoms with van der Waals surface area (Å²) in [6.07, 6.45) is 3.97. The fraction of sp³-hybridized carbons (Fsp3) is 0.917. The van der Waals surface area contributed by atoms with Gasteiger partial charge in [-0.1, -0.05) is 0 Å². The second kappa shape index (κ2) is 4.62. The molecule has 0 spiro atoms. The predicted octanol–water partition coefficient (Wildman–Crippen LogP) is 1.13. The average Bonchev–Trinajstić information content (AvgIpc) is 2.86. The van der Waals surface area contributed by atoms with Crippen molar-refractivity contribution in [3.8, 4) is 0 Å². The molecule has 3 heteroatoms. The third-order valence-electron chi connectivity index (χ3n) is 3.99. The van der Waals surface area contributed by atoms with Crippen LogP contribution in [0.1, 0.15) is 33.1 Å². The Labute approximate surface area is 92.4 Å². The van der Waals surface area contributed by atoms with Gasteiger partial charge in [0.25, 0.3) is 0 Å². The summed E-state index contributed by atoms with van der Waals surface area (Å²) in [7, 11) is 0. The minimum atomic E-state index is 0.123. The molecule has 0 aromatic rings. The topological polar surface area (TPSA) is 23.6 Å². The highest BCUT2D eigenvalue weighted by molar-refractivity contribution is 5.80. The summed E-state index contributed by atoms with van der Waals surface area (Å²) < 4.78 is 0. The summed E-state index contributed by atoms with van der Waals surface area (Å²) in [6, 6.07) is 0.840. The molecule has 2 rings (SSSR count). The highest BCUT2D eigenvalue weighted by Crippen LogP contribution is 2.21. The van der Waals surface area contributed by atoms with Gasteiger partial charge in [0.05, 0.1) is 6.04 Å². The van der Waals surface area contributed by atoms with Crippen molar-refractivity contribution >= 4 is 5.78 Å². The third-order valence-corrected chi connectivity index (χ3v) is 3.99. The zero-order valence-electron chi connectivity index (χ0n) is 9.91. The molecule has 86 valence electrons. The van der Waals surface area contributed by atoms with E-state index in [1.165, 1.54) is 32.4 Å². The van der Waals surface area contributed by atoms with E-state index >= 15 is 0 Å².